The second-order valence-corrected chi connectivity index (χ2v) is 1.77. The van der Waals surface area contributed by atoms with Crippen LogP contribution in [0.15, 0.2) is 0 Å². The molecule has 0 aromatic rings. The summed E-state index contributed by atoms with van der Waals surface area (Å²) in [4.78, 5) is 20.6. The lowest BCUT2D eigenvalue weighted by Gasteiger charge is -2.09. The number of ketones is 1. The molecule has 0 saturated carbocycles. The van der Waals surface area contributed by atoms with Gasteiger partial charge in [-0.05, 0) is 12.8 Å². The van der Waals surface area contributed by atoms with Crippen LogP contribution in [0.2, 0.25) is 0 Å². The summed E-state index contributed by atoms with van der Waals surface area (Å²) >= 11 is 0. The van der Waals surface area contributed by atoms with Gasteiger partial charge in [0.25, 0.3) is 5.78 Å². The van der Waals surface area contributed by atoms with Crippen LogP contribution in [0.1, 0.15) is 6.92 Å². The van der Waals surface area contributed by atoms with Gasteiger partial charge in [0.1, 0.15) is 0 Å². The van der Waals surface area contributed by atoms with Crippen LogP contribution in [0, 0.1) is 12.3 Å². The van der Waals surface area contributed by atoms with E-state index in [1.807, 2.05) is 0 Å². The Morgan fingerprint density at radius 1 is 1.58 bits per heavy atom. The topological polar surface area (TPSA) is 43.4 Å². The standard InChI is InChI=1S/C7H6F2O3/c1-3-5(10)7(8,9)6(11)12-4-2/h1H,4H2,2H3. The molecule has 66 valence electrons. The first kappa shape index (κ1) is 10.6. The molecule has 3 nitrogen and oxygen atoms in total. The number of alkyl halides is 2. The molecule has 0 heterocycles. The Hall–Kier alpha value is -1.44. The van der Waals surface area contributed by atoms with Gasteiger partial charge in [-0.1, -0.05) is 0 Å². The maximum absolute atomic E-state index is 12.4. The van der Waals surface area contributed by atoms with Crippen LogP contribution in [0.4, 0.5) is 8.78 Å². The summed E-state index contributed by atoms with van der Waals surface area (Å²) in [5.74, 6) is -6.86. The molecule has 0 amide bonds. The fourth-order valence-electron chi connectivity index (χ4n) is 0.405. The number of terminal acetylenes is 1. The molecular formula is C7H6F2O3. The molecule has 0 radical (unpaired) electrons. The van der Waals surface area contributed by atoms with E-state index < -0.39 is 17.7 Å². The highest BCUT2D eigenvalue weighted by atomic mass is 19.3. The van der Waals surface area contributed by atoms with Crippen molar-refractivity contribution in [1.82, 2.24) is 0 Å². The van der Waals surface area contributed by atoms with E-state index in [1.54, 1.807) is 0 Å². The predicted octanol–water partition coefficient (Wildman–Crippen LogP) is 0.387. The lowest BCUT2D eigenvalue weighted by molar-refractivity contribution is -0.174. The molecule has 0 N–H and O–H groups in total. The van der Waals surface area contributed by atoms with Crippen LogP contribution in [0.5, 0.6) is 0 Å². The Morgan fingerprint density at radius 2 is 2.08 bits per heavy atom. The number of rotatable bonds is 3. The molecule has 0 rings (SSSR count). The van der Waals surface area contributed by atoms with Gasteiger partial charge in [0, 0.05) is 0 Å². The Bertz CT molecular complexity index is 240. The first-order chi connectivity index (χ1) is 5.46. The van der Waals surface area contributed by atoms with Gasteiger partial charge in [-0.15, -0.1) is 6.42 Å². The Balaban J connectivity index is 4.52. The van der Waals surface area contributed by atoms with Crippen molar-refractivity contribution < 1.29 is 23.1 Å². The van der Waals surface area contributed by atoms with Crippen molar-refractivity contribution in [2.24, 2.45) is 0 Å². The van der Waals surface area contributed by atoms with E-state index in [9.17, 15) is 18.4 Å². The zero-order chi connectivity index (χ0) is 9.78. The molecule has 0 saturated heterocycles. The number of halogens is 2. The highest BCUT2D eigenvalue weighted by molar-refractivity contribution is 6.13. The van der Waals surface area contributed by atoms with Crippen molar-refractivity contribution >= 4 is 11.8 Å². The quantitative estimate of drug-likeness (QED) is 0.270. The van der Waals surface area contributed by atoms with Gasteiger partial charge < -0.3 is 4.74 Å². The van der Waals surface area contributed by atoms with Crippen molar-refractivity contribution in [2.45, 2.75) is 12.8 Å². The number of hydrogen-bond donors (Lipinski definition) is 0. The van der Waals surface area contributed by atoms with Gasteiger partial charge in [-0.25, -0.2) is 4.79 Å². The average Bonchev–Trinajstić information content (AvgIpc) is 2.03. The molecule has 0 atom stereocenters. The SMILES string of the molecule is C#CC(=O)C(F)(F)C(=O)OCC. The zero-order valence-electron chi connectivity index (χ0n) is 6.27. The van der Waals surface area contributed by atoms with Crippen LogP contribution in [-0.4, -0.2) is 24.3 Å². The average molecular weight is 176 g/mol. The van der Waals surface area contributed by atoms with E-state index in [4.69, 9.17) is 0 Å². The van der Waals surface area contributed by atoms with Crippen molar-refractivity contribution in [1.29, 1.82) is 0 Å². The van der Waals surface area contributed by atoms with Crippen LogP contribution in [-0.2, 0) is 14.3 Å². The molecule has 0 bridgehead atoms. The van der Waals surface area contributed by atoms with Crippen LogP contribution in [0.25, 0.3) is 0 Å². The summed E-state index contributed by atoms with van der Waals surface area (Å²) in [7, 11) is 0. The summed E-state index contributed by atoms with van der Waals surface area (Å²) in [6.07, 6.45) is 4.40. The highest BCUT2D eigenvalue weighted by Gasteiger charge is 2.47. The highest BCUT2D eigenvalue weighted by Crippen LogP contribution is 2.16. The summed E-state index contributed by atoms with van der Waals surface area (Å²) in [5, 5.41) is 0. The molecule has 0 aromatic carbocycles. The van der Waals surface area contributed by atoms with E-state index in [0.29, 0.717) is 0 Å². The lowest BCUT2D eigenvalue weighted by Crippen LogP contribution is -2.38. The normalized spacial score (nSPS) is 10.2. The molecule has 0 aliphatic heterocycles. The van der Waals surface area contributed by atoms with Gasteiger partial charge in [-0.3, -0.25) is 4.79 Å². The first-order valence-electron chi connectivity index (χ1n) is 3.02. The van der Waals surface area contributed by atoms with Crippen molar-refractivity contribution in [3.63, 3.8) is 0 Å². The fraction of sp³-hybridized carbons (Fsp3) is 0.429. The van der Waals surface area contributed by atoms with Gasteiger partial charge in [0.2, 0.25) is 0 Å². The molecule has 0 unspecified atom stereocenters. The summed E-state index contributed by atoms with van der Waals surface area (Å²) in [5.41, 5.74) is 0. The summed E-state index contributed by atoms with van der Waals surface area (Å²) in [6.45, 7) is 1.11. The van der Waals surface area contributed by atoms with Gasteiger partial charge in [-0.2, -0.15) is 8.78 Å². The first-order valence-corrected chi connectivity index (χ1v) is 3.02. The van der Waals surface area contributed by atoms with E-state index in [0.717, 1.165) is 5.92 Å². The summed E-state index contributed by atoms with van der Waals surface area (Å²) < 4.78 is 28.8. The lowest BCUT2D eigenvalue weighted by atomic mass is 10.2. The molecule has 0 aromatic heterocycles. The molecule has 0 fully saturated rings. The molecule has 0 aliphatic carbocycles. The minimum absolute atomic E-state index is 0.230. The van der Waals surface area contributed by atoms with Gasteiger partial charge >= 0.3 is 11.9 Å². The van der Waals surface area contributed by atoms with Crippen molar-refractivity contribution in [2.75, 3.05) is 6.61 Å². The largest absolute Gasteiger partial charge is 0.461 e. The molecule has 12 heavy (non-hydrogen) atoms. The van der Waals surface area contributed by atoms with E-state index in [2.05, 4.69) is 11.2 Å². The van der Waals surface area contributed by atoms with E-state index in [1.165, 1.54) is 6.92 Å². The minimum Gasteiger partial charge on any atom is -0.461 e. The Kier molecular flexibility index (Phi) is 3.35. The number of Topliss-reactive ketones (excluding diaryl/α,β-unsaturated/α-hetero) is 1. The Morgan fingerprint density at radius 3 is 2.42 bits per heavy atom. The molecule has 5 heteroatoms. The Labute approximate surface area is 67.7 Å². The number of esters is 1. The van der Waals surface area contributed by atoms with E-state index >= 15 is 0 Å². The van der Waals surface area contributed by atoms with Gasteiger partial charge in [0.05, 0.1) is 6.61 Å². The second kappa shape index (κ2) is 3.81. The van der Waals surface area contributed by atoms with Crippen LogP contribution in [0.3, 0.4) is 0 Å². The number of carbonyl (C=O) groups excluding carboxylic acids is 2. The van der Waals surface area contributed by atoms with Crippen LogP contribution >= 0.6 is 0 Å². The maximum Gasteiger partial charge on any atom is 0.411 e. The third-order valence-corrected chi connectivity index (χ3v) is 0.948. The van der Waals surface area contributed by atoms with Crippen molar-refractivity contribution in [3.8, 4) is 12.3 Å². The number of ether oxygens (including phenoxy) is 1. The van der Waals surface area contributed by atoms with Crippen LogP contribution < -0.4 is 0 Å². The number of carbonyl (C=O) groups is 2. The molecular weight excluding hydrogens is 170 g/mol. The smallest absolute Gasteiger partial charge is 0.411 e. The zero-order valence-corrected chi connectivity index (χ0v) is 6.27. The second-order valence-electron chi connectivity index (χ2n) is 1.77. The third-order valence-electron chi connectivity index (χ3n) is 0.948. The van der Waals surface area contributed by atoms with E-state index in [-0.39, 0.29) is 6.61 Å². The monoisotopic (exact) mass is 176 g/mol. The maximum atomic E-state index is 12.4. The predicted molar refractivity (Wildman–Crippen MR) is 35.4 cm³/mol. The minimum atomic E-state index is -4.22. The van der Waals surface area contributed by atoms with Crippen molar-refractivity contribution in [3.05, 3.63) is 0 Å². The summed E-state index contributed by atoms with van der Waals surface area (Å²) in [6, 6.07) is 0. The van der Waals surface area contributed by atoms with Gasteiger partial charge in [0.15, 0.2) is 0 Å². The molecule has 0 aliphatic rings. The molecule has 0 spiro atoms. The number of hydrogen-bond acceptors (Lipinski definition) is 3. The fourth-order valence-corrected chi connectivity index (χ4v) is 0.405. The third kappa shape index (κ3) is 2.02.